The van der Waals surface area contributed by atoms with Crippen LogP contribution in [0.25, 0.3) is 0 Å². The third-order valence-electron chi connectivity index (χ3n) is 6.96. The number of anilines is 1. The van der Waals surface area contributed by atoms with Crippen LogP contribution >= 0.6 is 0 Å². The van der Waals surface area contributed by atoms with E-state index in [1.54, 1.807) is 0 Å². The molecule has 0 saturated carbocycles. The molecule has 152 valence electrons. The smallest absolute Gasteiger partial charge is 0.235 e. The monoisotopic (exact) mass is 396 g/mol. The quantitative estimate of drug-likeness (QED) is 0.679. The summed E-state index contributed by atoms with van der Waals surface area (Å²) >= 11 is 0. The van der Waals surface area contributed by atoms with Gasteiger partial charge in [0.15, 0.2) is 0 Å². The third-order valence-corrected chi connectivity index (χ3v) is 6.96. The van der Waals surface area contributed by atoms with Gasteiger partial charge in [0.05, 0.1) is 5.41 Å². The molecule has 3 aromatic rings. The number of nitrogens with zero attached hydrogens (tertiary/aromatic N) is 1. The fourth-order valence-electron chi connectivity index (χ4n) is 5.31. The van der Waals surface area contributed by atoms with Gasteiger partial charge in [0.2, 0.25) is 5.91 Å². The Hall–Kier alpha value is -2.91. The first-order chi connectivity index (χ1) is 14.8. The van der Waals surface area contributed by atoms with Gasteiger partial charge in [-0.1, -0.05) is 78.9 Å². The third kappa shape index (κ3) is 3.44. The van der Waals surface area contributed by atoms with Gasteiger partial charge in [0.1, 0.15) is 0 Å². The van der Waals surface area contributed by atoms with Crippen molar-refractivity contribution in [1.29, 1.82) is 0 Å². The van der Waals surface area contributed by atoms with Gasteiger partial charge in [-0.3, -0.25) is 4.79 Å². The number of carbonyl (C=O) groups is 1. The summed E-state index contributed by atoms with van der Waals surface area (Å²) in [6, 6.07) is 29.4. The molecule has 3 aromatic carbocycles. The number of benzene rings is 3. The Kier molecular flexibility index (Phi) is 5.14. The van der Waals surface area contributed by atoms with Gasteiger partial charge >= 0.3 is 0 Å². The summed E-state index contributed by atoms with van der Waals surface area (Å²) in [6.07, 6.45) is 2.89. The second kappa shape index (κ2) is 8.08. The van der Waals surface area contributed by atoms with Crippen LogP contribution < -0.4 is 5.32 Å². The molecule has 1 fully saturated rings. The van der Waals surface area contributed by atoms with Gasteiger partial charge in [0.25, 0.3) is 0 Å². The van der Waals surface area contributed by atoms with Gasteiger partial charge in [0, 0.05) is 18.8 Å². The van der Waals surface area contributed by atoms with E-state index in [1.807, 2.05) is 18.2 Å². The predicted molar refractivity (Wildman–Crippen MR) is 122 cm³/mol. The summed E-state index contributed by atoms with van der Waals surface area (Å²) in [5.41, 5.74) is 4.23. The molecule has 0 bridgehead atoms. The molecule has 3 heteroatoms. The van der Waals surface area contributed by atoms with Gasteiger partial charge in [-0.15, -0.1) is 0 Å². The highest BCUT2D eigenvalue weighted by molar-refractivity contribution is 6.02. The van der Waals surface area contributed by atoms with Crippen LogP contribution in [0.5, 0.6) is 0 Å². The average Bonchev–Trinajstić information content (AvgIpc) is 3.28. The summed E-state index contributed by atoms with van der Waals surface area (Å²) in [5.74, 6) is 0.464. The van der Waals surface area contributed by atoms with Gasteiger partial charge < -0.3 is 10.2 Å². The van der Waals surface area contributed by atoms with E-state index in [0.29, 0.717) is 5.92 Å². The van der Waals surface area contributed by atoms with Gasteiger partial charge in [-0.25, -0.2) is 0 Å². The highest BCUT2D eigenvalue weighted by Gasteiger charge is 2.51. The lowest BCUT2D eigenvalue weighted by atomic mass is 9.64. The van der Waals surface area contributed by atoms with E-state index < -0.39 is 5.41 Å². The predicted octanol–water partition coefficient (Wildman–Crippen LogP) is 4.68. The van der Waals surface area contributed by atoms with E-state index in [4.69, 9.17) is 0 Å². The molecule has 0 radical (unpaired) electrons. The molecule has 0 spiro atoms. The fourth-order valence-corrected chi connectivity index (χ4v) is 5.31. The molecule has 1 saturated heterocycles. The zero-order valence-corrected chi connectivity index (χ0v) is 17.3. The van der Waals surface area contributed by atoms with Crippen LogP contribution in [0, 0.1) is 5.92 Å². The Balaban J connectivity index is 1.42. The molecule has 2 unspecified atom stereocenters. The van der Waals surface area contributed by atoms with Crippen LogP contribution in [0.15, 0.2) is 84.9 Å². The van der Waals surface area contributed by atoms with Crippen molar-refractivity contribution in [3.63, 3.8) is 0 Å². The number of likely N-dealkylation sites (tertiary alicyclic amines) is 1. The molecule has 2 atom stereocenters. The zero-order chi connectivity index (χ0) is 20.4. The molecule has 1 amide bonds. The Labute approximate surface area is 178 Å². The average molecular weight is 397 g/mol. The first-order valence-electron chi connectivity index (χ1n) is 11.0. The first kappa shape index (κ1) is 19.1. The molecule has 5 rings (SSSR count). The minimum Gasteiger partial charge on any atom is -0.325 e. The Morgan fingerprint density at radius 1 is 0.900 bits per heavy atom. The lowest BCUT2D eigenvalue weighted by Gasteiger charge is -2.42. The molecule has 2 aliphatic rings. The maximum atomic E-state index is 13.6. The number of hydrogen-bond donors (Lipinski definition) is 1. The van der Waals surface area contributed by atoms with E-state index in [0.717, 1.165) is 50.1 Å². The minimum atomic E-state index is -0.503. The van der Waals surface area contributed by atoms with Crippen LogP contribution in [0.1, 0.15) is 23.1 Å². The Morgan fingerprint density at radius 3 is 2.40 bits per heavy atom. The highest BCUT2D eigenvalue weighted by Crippen LogP contribution is 2.45. The zero-order valence-electron chi connectivity index (χ0n) is 17.3. The normalized spacial score (nSPS) is 23.7. The molecule has 1 N–H and O–H groups in total. The van der Waals surface area contributed by atoms with Crippen LogP contribution in [0.2, 0.25) is 0 Å². The number of rotatable bonds is 5. The number of amides is 1. The van der Waals surface area contributed by atoms with Gasteiger partial charge in [-0.05, 0) is 54.5 Å². The van der Waals surface area contributed by atoms with Crippen molar-refractivity contribution in [2.75, 3.05) is 25.0 Å². The van der Waals surface area contributed by atoms with E-state index >= 15 is 0 Å². The van der Waals surface area contributed by atoms with Crippen molar-refractivity contribution in [2.45, 2.75) is 24.7 Å². The van der Waals surface area contributed by atoms with E-state index in [-0.39, 0.29) is 5.91 Å². The van der Waals surface area contributed by atoms with Crippen molar-refractivity contribution in [3.8, 4) is 0 Å². The van der Waals surface area contributed by atoms with Crippen molar-refractivity contribution in [2.24, 2.45) is 5.92 Å². The number of para-hydroxylation sites is 1. The number of carbonyl (C=O) groups excluding carboxylic acids is 1. The first-order valence-corrected chi connectivity index (χ1v) is 11.0. The number of hydrogen-bond acceptors (Lipinski definition) is 2. The van der Waals surface area contributed by atoms with Crippen LogP contribution in [0.4, 0.5) is 5.69 Å². The number of nitrogens with one attached hydrogen (secondary N) is 1. The van der Waals surface area contributed by atoms with E-state index in [1.165, 1.54) is 11.1 Å². The maximum absolute atomic E-state index is 13.6. The number of fused-ring (bicyclic) bond motifs is 1. The highest BCUT2D eigenvalue weighted by atomic mass is 16.2. The lowest BCUT2D eigenvalue weighted by molar-refractivity contribution is -0.124. The second-order valence-corrected chi connectivity index (χ2v) is 8.65. The minimum absolute atomic E-state index is 0.155. The SMILES string of the molecule is O=C1Nc2ccccc2CC1(c1ccccc1)C1CCN(CCc2ccccc2)C1. The standard InChI is InChI=1S/C27H28N2O/c30-26-27(23-12-5-2-6-13-23,19-22-11-7-8-14-25(22)28-26)24-16-18-29(20-24)17-15-21-9-3-1-4-10-21/h1-14,24H,15-20H2,(H,28,30). The molecule has 2 heterocycles. The van der Waals surface area contributed by atoms with Crippen molar-refractivity contribution in [1.82, 2.24) is 4.90 Å². The molecule has 0 aliphatic carbocycles. The van der Waals surface area contributed by atoms with Crippen LogP contribution in [0.3, 0.4) is 0 Å². The summed E-state index contributed by atoms with van der Waals surface area (Å²) in [6.45, 7) is 3.07. The van der Waals surface area contributed by atoms with Crippen molar-refractivity contribution in [3.05, 3.63) is 102 Å². The molecule has 30 heavy (non-hydrogen) atoms. The van der Waals surface area contributed by atoms with Gasteiger partial charge in [-0.2, -0.15) is 0 Å². The summed E-state index contributed by atoms with van der Waals surface area (Å²) in [5, 5.41) is 3.24. The molecule has 2 aliphatic heterocycles. The fraction of sp³-hybridized carbons (Fsp3) is 0.296. The lowest BCUT2D eigenvalue weighted by Crippen LogP contribution is -2.51. The Morgan fingerprint density at radius 2 is 1.60 bits per heavy atom. The molecular weight excluding hydrogens is 368 g/mol. The van der Waals surface area contributed by atoms with E-state index in [9.17, 15) is 4.79 Å². The molecular formula is C27H28N2O. The summed E-state index contributed by atoms with van der Waals surface area (Å²) in [7, 11) is 0. The largest absolute Gasteiger partial charge is 0.325 e. The summed E-state index contributed by atoms with van der Waals surface area (Å²) < 4.78 is 0. The summed E-state index contributed by atoms with van der Waals surface area (Å²) in [4.78, 5) is 16.2. The van der Waals surface area contributed by atoms with Crippen molar-refractivity contribution < 1.29 is 4.79 Å². The maximum Gasteiger partial charge on any atom is 0.235 e. The Bertz CT molecular complexity index is 1020. The topological polar surface area (TPSA) is 32.3 Å². The molecule has 0 aromatic heterocycles. The van der Waals surface area contributed by atoms with E-state index in [2.05, 4.69) is 76.9 Å². The van der Waals surface area contributed by atoms with Crippen LogP contribution in [-0.4, -0.2) is 30.4 Å². The van der Waals surface area contributed by atoms with Crippen molar-refractivity contribution >= 4 is 11.6 Å². The van der Waals surface area contributed by atoms with Crippen LogP contribution in [-0.2, 0) is 23.1 Å². The second-order valence-electron chi connectivity index (χ2n) is 8.65. The molecule has 3 nitrogen and oxygen atoms in total.